The Morgan fingerprint density at radius 1 is 1.16 bits per heavy atom. The fraction of sp³-hybridized carbons (Fsp3) is 0.227. The lowest BCUT2D eigenvalue weighted by Crippen LogP contribution is -2.27. The lowest BCUT2D eigenvalue weighted by atomic mass is 9.90. The Balaban J connectivity index is 1.93. The van der Waals surface area contributed by atoms with Crippen molar-refractivity contribution in [1.82, 2.24) is 19.4 Å². The molecule has 0 aliphatic rings. The van der Waals surface area contributed by atoms with Crippen LogP contribution in [0, 0.1) is 13.8 Å². The predicted octanol–water partition coefficient (Wildman–Crippen LogP) is 4.92. The summed E-state index contributed by atoms with van der Waals surface area (Å²) in [4.78, 5) is 12.6. The highest BCUT2D eigenvalue weighted by atomic mass is 35.5. The van der Waals surface area contributed by atoms with Gasteiger partial charge in [-0.25, -0.2) is 15.0 Å². The van der Waals surface area contributed by atoms with Crippen LogP contribution < -0.4 is 4.74 Å². The first-order valence-corrected chi connectivity index (χ1v) is 9.80. The number of aryl methyl sites for hydroxylation is 2. The number of alkyl halides is 2. The molecule has 0 spiro atoms. The van der Waals surface area contributed by atoms with Crippen molar-refractivity contribution in [1.29, 1.82) is 0 Å². The molecule has 9 heteroatoms. The number of nitrogens with zero attached hydrogens (tertiary/aromatic N) is 4. The summed E-state index contributed by atoms with van der Waals surface area (Å²) in [6.07, 6.45) is 5.03. The number of aliphatic hydroxyl groups is 1. The average molecular weight is 445 g/mol. The molecule has 6 nitrogen and oxygen atoms in total. The van der Waals surface area contributed by atoms with Crippen LogP contribution >= 0.6 is 11.6 Å². The monoisotopic (exact) mass is 444 g/mol. The van der Waals surface area contributed by atoms with Gasteiger partial charge < -0.3 is 9.84 Å². The highest BCUT2D eigenvalue weighted by molar-refractivity contribution is 6.28. The normalized spacial score (nSPS) is 13.5. The molecule has 0 saturated carbocycles. The first-order valence-electron chi connectivity index (χ1n) is 9.43. The molecule has 0 fully saturated rings. The standard InChI is InChI=1S/C22H19ClF2N4O2/c1-12-8-18-28-13(2)19(29(18)11-15(12)14-9-26-20(23)27-10-14)22(3,30)16-6-4-5-7-17(16)31-21(24)25/h4-11,21,30H,1-3H3. The van der Waals surface area contributed by atoms with E-state index < -0.39 is 12.2 Å². The number of para-hydroxylation sites is 1. The third-order valence-corrected chi connectivity index (χ3v) is 5.36. The molecular formula is C22H19ClF2N4O2. The molecule has 1 N–H and O–H groups in total. The summed E-state index contributed by atoms with van der Waals surface area (Å²) in [6.45, 7) is 2.20. The van der Waals surface area contributed by atoms with Crippen molar-refractivity contribution in [3.63, 3.8) is 0 Å². The lowest BCUT2D eigenvalue weighted by Gasteiger charge is -2.27. The van der Waals surface area contributed by atoms with Crippen LogP contribution in [-0.2, 0) is 5.60 Å². The fourth-order valence-electron chi connectivity index (χ4n) is 3.84. The Morgan fingerprint density at radius 2 is 1.84 bits per heavy atom. The van der Waals surface area contributed by atoms with E-state index in [0.717, 1.165) is 16.7 Å². The predicted molar refractivity (Wildman–Crippen MR) is 112 cm³/mol. The number of aromatic nitrogens is 4. The molecule has 1 aromatic carbocycles. The number of hydrogen-bond acceptors (Lipinski definition) is 5. The summed E-state index contributed by atoms with van der Waals surface area (Å²) < 4.78 is 32.3. The molecule has 0 amide bonds. The molecule has 160 valence electrons. The maximum absolute atomic E-state index is 12.9. The highest BCUT2D eigenvalue weighted by Gasteiger charge is 2.35. The van der Waals surface area contributed by atoms with Gasteiger partial charge in [0.25, 0.3) is 0 Å². The van der Waals surface area contributed by atoms with E-state index in [-0.39, 0.29) is 16.6 Å². The second kappa shape index (κ2) is 7.86. The van der Waals surface area contributed by atoms with Crippen LogP contribution in [0.3, 0.4) is 0 Å². The van der Waals surface area contributed by atoms with E-state index >= 15 is 0 Å². The number of imidazole rings is 1. The average Bonchev–Trinajstić information content (AvgIpc) is 3.03. The van der Waals surface area contributed by atoms with Crippen LogP contribution in [0.15, 0.2) is 48.9 Å². The smallest absolute Gasteiger partial charge is 0.387 e. The summed E-state index contributed by atoms with van der Waals surface area (Å²) in [6, 6.07) is 8.05. The first kappa shape index (κ1) is 21.1. The van der Waals surface area contributed by atoms with Crippen molar-refractivity contribution in [3.05, 3.63) is 76.7 Å². The number of rotatable bonds is 5. The third-order valence-electron chi connectivity index (χ3n) is 5.16. The minimum absolute atomic E-state index is 0.102. The van der Waals surface area contributed by atoms with Crippen molar-refractivity contribution >= 4 is 17.2 Å². The van der Waals surface area contributed by atoms with Crippen LogP contribution in [0.25, 0.3) is 16.8 Å². The van der Waals surface area contributed by atoms with Crippen molar-refractivity contribution < 1.29 is 18.6 Å². The van der Waals surface area contributed by atoms with Crippen LogP contribution in [0.4, 0.5) is 8.78 Å². The second-order valence-corrected chi connectivity index (χ2v) is 7.67. The summed E-state index contributed by atoms with van der Waals surface area (Å²) in [5.41, 5.74) is 2.62. The van der Waals surface area contributed by atoms with Gasteiger partial charge in [0.1, 0.15) is 17.0 Å². The Kier molecular flexibility index (Phi) is 5.36. The molecule has 31 heavy (non-hydrogen) atoms. The van der Waals surface area contributed by atoms with Gasteiger partial charge in [-0.1, -0.05) is 18.2 Å². The van der Waals surface area contributed by atoms with Crippen LogP contribution in [-0.4, -0.2) is 31.1 Å². The Labute approximate surface area is 182 Å². The van der Waals surface area contributed by atoms with E-state index in [4.69, 9.17) is 11.6 Å². The van der Waals surface area contributed by atoms with Crippen molar-refractivity contribution in [2.45, 2.75) is 33.0 Å². The fourth-order valence-corrected chi connectivity index (χ4v) is 3.94. The quantitative estimate of drug-likeness (QED) is 0.442. The molecule has 0 aliphatic heterocycles. The van der Waals surface area contributed by atoms with E-state index in [1.807, 2.05) is 19.2 Å². The summed E-state index contributed by atoms with van der Waals surface area (Å²) >= 11 is 5.81. The summed E-state index contributed by atoms with van der Waals surface area (Å²) in [5, 5.41) is 11.7. The highest BCUT2D eigenvalue weighted by Crippen LogP contribution is 2.38. The lowest BCUT2D eigenvalue weighted by molar-refractivity contribution is -0.0527. The van der Waals surface area contributed by atoms with Gasteiger partial charge >= 0.3 is 6.61 Å². The molecule has 0 aliphatic carbocycles. The zero-order valence-corrected chi connectivity index (χ0v) is 17.7. The Morgan fingerprint density at radius 3 is 2.52 bits per heavy atom. The number of ether oxygens (including phenoxy) is 1. The molecule has 0 radical (unpaired) electrons. The minimum atomic E-state index is -3.01. The van der Waals surface area contributed by atoms with Crippen LogP contribution in [0.5, 0.6) is 5.75 Å². The van der Waals surface area contributed by atoms with E-state index in [1.54, 1.807) is 41.9 Å². The van der Waals surface area contributed by atoms with Gasteiger partial charge in [0, 0.05) is 35.3 Å². The third kappa shape index (κ3) is 3.84. The largest absolute Gasteiger partial charge is 0.434 e. The first-order chi connectivity index (χ1) is 14.7. The molecule has 4 rings (SSSR count). The second-order valence-electron chi connectivity index (χ2n) is 7.33. The molecule has 3 aromatic heterocycles. The van der Waals surface area contributed by atoms with Crippen LogP contribution in [0.1, 0.15) is 29.4 Å². The minimum Gasteiger partial charge on any atom is -0.434 e. The molecule has 1 unspecified atom stereocenters. The van der Waals surface area contributed by atoms with E-state index in [0.29, 0.717) is 17.0 Å². The van der Waals surface area contributed by atoms with E-state index in [9.17, 15) is 13.9 Å². The van der Waals surface area contributed by atoms with Gasteiger partial charge in [-0.15, -0.1) is 0 Å². The number of benzene rings is 1. The molecule has 4 aromatic rings. The number of pyridine rings is 1. The van der Waals surface area contributed by atoms with Crippen molar-refractivity contribution in [2.75, 3.05) is 0 Å². The Hall–Kier alpha value is -3.10. The molecule has 3 heterocycles. The zero-order chi connectivity index (χ0) is 22.3. The molecular weight excluding hydrogens is 426 g/mol. The van der Waals surface area contributed by atoms with Crippen LogP contribution in [0.2, 0.25) is 5.28 Å². The number of fused-ring (bicyclic) bond motifs is 1. The van der Waals surface area contributed by atoms with Crippen molar-refractivity contribution in [2.24, 2.45) is 0 Å². The molecule has 0 saturated heterocycles. The van der Waals surface area contributed by atoms with Gasteiger partial charge in [-0.05, 0) is 50.1 Å². The van der Waals surface area contributed by atoms with E-state index in [1.165, 1.54) is 13.0 Å². The number of hydrogen-bond donors (Lipinski definition) is 1. The van der Waals surface area contributed by atoms with Gasteiger partial charge in [0.15, 0.2) is 0 Å². The maximum Gasteiger partial charge on any atom is 0.387 e. The van der Waals surface area contributed by atoms with E-state index in [2.05, 4.69) is 19.7 Å². The van der Waals surface area contributed by atoms with Crippen molar-refractivity contribution in [3.8, 4) is 16.9 Å². The zero-order valence-electron chi connectivity index (χ0n) is 17.0. The van der Waals surface area contributed by atoms with Gasteiger partial charge in [0.2, 0.25) is 5.28 Å². The maximum atomic E-state index is 12.9. The topological polar surface area (TPSA) is 72.5 Å². The number of halogens is 3. The molecule has 1 atom stereocenters. The van der Waals surface area contributed by atoms with Gasteiger partial charge in [-0.3, -0.25) is 4.40 Å². The van der Waals surface area contributed by atoms with Gasteiger partial charge in [-0.2, -0.15) is 8.78 Å². The molecule has 0 bridgehead atoms. The van der Waals surface area contributed by atoms with Gasteiger partial charge in [0.05, 0.1) is 11.4 Å². The summed E-state index contributed by atoms with van der Waals surface area (Å²) in [7, 11) is 0. The summed E-state index contributed by atoms with van der Waals surface area (Å²) in [5.74, 6) is -0.102. The SMILES string of the molecule is Cc1cc2nc(C)c(C(C)(O)c3ccccc3OC(F)F)n2cc1-c1cnc(Cl)nc1. The Bertz CT molecular complexity index is 1260.